The Morgan fingerprint density at radius 2 is 1.55 bits per heavy atom. The van der Waals surface area contributed by atoms with Crippen LogP contribution in [0.25, 0.3) is 5.69 Å². The predicted molar refractivity (Wildman–Crippen MR) is 142 cm³/mol. The molecule has 0 saturated carbocycles. The molecule has 1 saturated heterocycles. The Morgan fingerprint density at radius 3 is 2.21 bits per heavy atom. The van der Waals surface area contributed by atoms with Crippen LogP contribution in [0, 0.1) is 20.8 Å². The van der Waals surface area contributed by atoms with Crippen LogP contribution in [0.1, 0.15) is 40.3 Å². The van der Waals surface area contributed by atoms with Crippen molar-refractivity contribution in [2.45, 2.75) is 32.9 Å². The summed E-state index contributed by atoms with van der Waals surface area (Å²) >= 11 is 9.46. The fourth-order valence-electron chi connectivity index (χ4n) is 4.93. The molecular weight excluding hydrogens is 492 g/mol. The molecule has 6 heteroatoms. The number of rotatable bonds is 4. The first kappa shape index (κ1) is 21.9. The fraction of sp³-hybridized carbons (Fsp3) is 0.185. The van der Waals surface area contributed by atoms with Crippen molar-refractivity contribution in [2.75, 3.05) is 4.90 Å². The molecule has 4 aromatic rings. The summed E-state index contributed by atoms with van der Waals surface area (Å²) in [6, 6.07) is 24.8. The van der Waals surface area contributed by atoms with Crippen molar-refractivity contribution in [2.24, 2.45) is 0 Å². The Morgan fingerprint density at radius 1 is 0.848 bits per heavy atom. The van der Waals surface area contributed by atoms with Crippen LogP contribution >= 0.6 is 28.1 Å². The zero-order chi connectivity index (χ0) is 23.1. The maximum absolute atomic E-state index is 5.90. The molecule has 1 N–H and O–H groups in total. The smallest absolute Gasteiger partial charge is 0.174 e. The van der Waals surface area contributed by atoms with Gasteiger partial charge in [-0.15, -0.1) is 0 Å². The third-order valence-electron chi connectivity index (χ3n) is 6.52. The quantitative estimate of drug-likeness (QED) is 0.304. The summed E-state index contributed by atoms with van der Waals surface area (Å²) in [6.07, 6.45) is 1.85. The van der Waals surface area contributed by atoms with E-state index >= 15 is 0 Å². The van der Waals surface area contributed by atoms with Gasteiger partial charge in [0.15, 0.2) is 5.11 Å². The number of nitrogens with zero attached hydrogens (tertiary/aromatic N) is 3. The minimum absolute atomic E-state index is 0.0303. The molecule has 166 valence electrons. The molecule has 1 aliphatic heterocycles. The Labute approximate surface area is 208 Å². The van der Waals surface area contributed by atoms with Gasteiger partial charge in [0.2, 0.25) is 0 Å². The molecular formula is C27H25BrN4S. The fourth-order valence-corrected chi connectivity index (χ4v) is 5.54. The van der Waals surface area contributed by atoms with Crippen LogP contribution in [0.2, 0.25) is 0 Å². The van der Waals surface area contributed by atoms with Crippen molar-refractivity contribution in [1.29, 1.82) is 0 Å². The molecule has 3 heterocycles. The van der Waals surface area contributed by atoms with E-state index in [1.165, 1.54) is 28.2 Å². The topological polar surface area (TPSA) is 33.1 Å². The third-order valence-corrected chi connectivity index (χ3v) is 7.36. The summed E-state index contributed by atoms with van der Waals surface area (Å²) in [5.41, 5.74) is 8.22. The number of anilines is 1. The lowest BCUT2D eigenvalue weighted by molar-refractivity contribution is 0.563. The lowest BCUT2D eigenvalue weighted by Gasteiger charge is -2.29. The van der Waals surface area contributed by atoms with Gasteiger partial charge in [-0.3, -0.25) is 4.98 Å². The van der Waals surface area contributed by atoms with Crippen molar-refractivity contribution >= 4 is 38.9 Å². The van der Waals surface area contributed by atoms with E-state index in [1.54, 1.807) is 0 Å². The Bertz CT molecular complexity index is 1300. The highest BCUT2D eigenvalue weighted by molar-refractivity contribution is 9.10. The van der Waals surface area contributed by atoms with Gasteiger partial charge >= 0.3 is 0 Å². The van der Waals surface area contributed by atoms with Gasteiger partial charge in [-0.05, 0) is 87.1 Å². The molecule has 33 heavy (non-hydrogen) atoms. The minimum atomic E-state index is -0.0641. The molecule has 0 spiro atoms. The molecule has 0 unspecified atom stereocenters. The van der Waals surface area contributed by atoms with Crippen LogP contribution in [0.3, 0.4) is 0 Å². The first-order chi connectivity index (χ1) is 16.0. The average Bonchev–Trinajstić information content (AvgIpc) is 3.28. The van der Waals surface area contributed by atoms with Gasteiger partial charge in [0.05, 0.1) is 17.8 Å². The zero-order valence-electron chi connectivity index (χ0n) is 18.8. The average molecular weight is 517 g/mol. The Balaban J connectivity index is 1.72. The van der Waals surface area contributed by atoms with E-state index in [-0.39, 0.29) is 12.1 Å². The summed E-state index contributed by atoms with van der Waals surface area (Å²) in [7, 11) is 0. The summed E-state index contributed by atoms with van der Waals surface area (Å²) < 4.78 is 3.39. The van der Waals surface area contributed by atoms with E-state index in [0.29, 0.717) is 5.11 Å². The van der Waals surface area contributed by atoms with Crippen molar-refractivity contribution in [3.05, 3.63) is 112 Å². The SMILES string of the molecule is Cc1c([C@@H]2[C@H](c3ccccn3)NC(=S)N2c2ccc(Br)cc2)c(C)n(-c2ccccc2)c1C. The molecule has 1 fully saturated rings. The van der Waals surface area contributed by atoms with Crippen LogP contribution in [0.15, 0.2) is 83.5 Å². The van der Waals surface area contributed by atoms with Gasteiger partial charge in [0.25, 0.3) is 0 Å². The van der Waals surface area contributed by atoms with Crippen LogP contribution in [-0.2, 0) is 0 Å². The van der Waals surface area contributed by atoms with Gasteiger partial charge in [0, 0.05) is 39.0 Å². The number of hydrogen-bond acceptors (Lipinski definition) is 2. The van der Waals surface area contributed by atoms with Crippen LogP contribution in [-0.4, -0.2) is 14.7 Å². The van der Waals surface area contributed by atoms with Crippen molar-refractivity contribution in [1.82, 2.24) is 14.9 Å². The first-order valence-electron chi connectivity index (χ1n) is 11.0. The van der Waals surface area contributed by atoms with Gasteiger partial charge in [-0.1, -0.05) is 40.2 Å². The van der Waals surface area contributed by atoms with Gasteiger partial charge in [-0.25, -0.2) is 0 Å². The molecule has 2 aromatic carbocycles. The highest BCUT2D eigenvalue weighted by Crippen LogP contribution is 2.45. The monoisotopic (exact) mass is 516 g/mol. The van der Waals surface area contributed by atoms with E-state index in [0.717, 1.165) is 15.9 Å². The van der Waals surface area contributed by atoms with Crippen molar-refractivity contribution in [3.8, 4) is 5.69 Å². The second-order valence-electron chi connectivity index (χ2n) is 8.35. The molecule has 0 radical (unpaired) electrons. The molecule has 2 aromatic heterocycles. The maximum atomic E-state index is 5.90. The van der Waals surface area contributed by atoms with E-state index in [2.05, 4.69) is 112 Å². The molecule has 0 amide bonds. The van der Waals surface area contributed by atoms with E-state index in [9.17, 15) is 0 Å². The number of halogens is 1. The third kappa shape index (κ3) is 3.77. The zero-order valence-corrected chi connectivity index (χ0v) is 21.2. The van der Waals surface area contributed by atoms with Gasteiger partial charge in [0.1, 0.15) is 0 Å². The Kier molecular flexibility index (Phi) is 5.81. The molecule has 4 nitrogen and oxygen atoms in total. The Hall–Kier alpha value is -2.96. The molecule has 0 bridgehead atoms. The maximum Gasteiger partial charge on any atom is 0.174 e. The highest BCUT2D eigenvalue weighted by Gasteiger charge is 2.43. The second kappa shape index (κ2) is 8.76. The summed E-state index contributed by atoms with van der Waals surface area (Å²) in [4.78, 5) is 6.94. The van der Waals surface area contributed by atoms with E-state index < -0.39 is 0 Å². The summed E-state index contributed by atoms with van der Waals surface area (Å²) in [5.74, 6) is 0. The van der Waals surface area contributed by atoms with Gasteiger partial charge in [-0.2, -0.15) is 0 Å². The van der Waals surface area contributed by atoms with Crippen LogP contribution < -0.4 is 10.2 Å². The van der Waals surface area contributed by atoms with E-state index in [1.807, 2.05) is 18.3 Å². The number of pyridine rings is 1. The minimum Gasteiger partial charge on any atom is -0.351 e. The number of benzene rings is 2. The number of thiocarbonyl (C=S) groups is 1. The predicted octanol–water partition coefficient (Wildman–Crippen LogP) is 6.74. The van der Waals surface area contributed by atoms with Crippen LogP contribution in [0.4, 0.5) is 5.69 Å². The van der Waals surface area contributed by atoms with Gasteiger partial charge < -0.3 is 14.8 Å². The molecule has 0 aliphatic carbocycles. The summed E-state index contributed by atoms with van der Waals surface area (Å²) in [5, 5.41) is 4.29. The highest BCUT2D eigenvalue weighted by atomic mass is 79.9. The summed E-state index contributed by atoms with van der Waals surface area (Å²) in [6.45, 7) is 6.62. The number of para-hydroxylation sites is 1. The van der Waals surface area contributed by atoms with Crippen molar-refractivity contribution < 1.29 is 0 Å². The van der Waals surface area contributed by atoms with E-state index in [4.69, 9.17) is 17.2 Å². The number of aromatic nitrogens is 2. The van der Waals surface area contributed by atoms with Crippen molar-refractivity contribution in [3.63, 3.8) is 0 Å². The first-order valence-corrected chi connectivity index (χ1v) is 12.2. The number of nitrogens with one attached hydrogen (secondary N) is 1. The molecule has 5 rings (SSSR count). The number of hydrogen-bond donors (Lipinski definition) is 1. The normalized spacial score (nSPS) is 17.9. The lowest BCUT2D eigenvalue weighted by Crippen LogP contribution is -2.29. The molecule has 1 aliphatic rings. The lowest BCUT2D eigenvalue weighted by atomic mass is 9.93. The molecule has 2 atom stereocenters. The van der Waals surface area contributed by atoms with Crippen LogP contribution in [0.5, 0.6) is 0 Å². The standard InChI is InChI=1S/C27H25BrN4S/c1-17-18(2)31(21-9-5-4-6-10-21)19(3)24(17)26-25(23-11-7-8-16-29-23)30-27(33)32(26)22-14-12-20(28)13-15-22/h4-16,25-26H,1-3H3,(H,30,33)/t25-,26+/m0/s1. The largest absolute Gasteiger partial charge is 0.351 e. The second-order valence-corrected chi connectivity index (χ2v) is 9.66.